The van der Waals surface area contributed by atoms with E-state index in [2.05, 4.69) is 0 Å². The number of aliphatic hydroxyl groups is 1. The highest BCUT2D eigenvalue weighted by Gasteiger charge is 2.39. The summed E-state index contributed by atoms with van der Waals surface area (Å²) >= 11 is 0. The van der Waals surface area contributed by atoms with Crippen LogP contribution in [-0.4, -0.2) is 53.6 Å². The molecule has 0 aliphatic heterocycles. The molecule has 0 radical (unpaired) electrons. The lowest BCUT2D eigenvalue weighted by atomic mass is 10.7. The first-order valence-electron chi connectivity index (χ1n) is 5.85. The minimum Gasteiger partial charge on any atom is -0.394 e. The molecule has 0 spiro atoms. The summed E-state index contributed by atoms with van der Waals surface area (Å²) in [5.74, 6) is 0. The van der Waals surface area contributed by atoms with Crippen LogP contribution in [0.15, 0.2) is 0 Å². The van der Waals surface area contributed by atoms with Gasteiger partial charge in [-0.3, -0.25) is 0 Å². The lowest BCUT2D eigenvalue weighted by Gasteiger charge is -2.28. The van der Waals surface area contributed by atoms with Crippen LogP contribution in [0.1, 0.15) is 20.8 Å². The lowest BCUT2D eigenvalue weighted by molar-refractivity contribution is 0.0515. The second kappa shape index (κ2) is 10.2. The van der Waals surface area contributed by atoms with Gasteiger partial charge in [0, 0.05) is 25.9 Å². The SMILES string of the molecule is CCO[Si](CCOCCO)(OCC)OCC. The Hall–Kier alpha value is 0.0169. The van der Waals surface area contributed by atoms with Crippen molar-refractivity contribution in [1.82, 2.24) is 0 Å². The highest BCUT2D eigenvalue weighted by Crippen LogP contribution is 2.15. The topological polar surface area (TPSA) is 57.2 Å². The van der Waals surface area contributed by atoms with Crippen LogP contribution < -0.4 is 0 Å². The Kier molecular flexibility index (Phi) is 10.2. The molecule has 0 heterocycles. The Morgan fingerprint density at radius 1 is 0.875 bits per heavy atom. The first kappa shape index (κ1) is 16.0. The largest absolute Gasteiger partial charge is 0.503 e. The normalized spacial score (nSPS) is 12.0. The first-order valence-corrected chi connectivity index (χ1v) is 7.78. The molecule has 16 heavy (non-hydrogen) atoms. The van der Waals surface area contributed by atoms with Crippen molar-refractivity contribution in [3.8, 4) is 0 Å². The van der Waals surface area contributed by atoms with E-state index in [1.807, 2.05) is 20.8 Å². The molecule has 0 saturated carbocycles. The second-order valence-corrected chi connectivity index (χ2v) is 5.80. The molecule has 0 aromatic carbocycles. The number of aliphatic hydroxyl groups excluding tert-OH is 1. The predicted octanol–water partition coefficient (Wildman–Crippen LogP) is 1.04. The van der Waals surface area contributed by atoms with E-state index in [4.69, 9.17) is 23.1 Å². The minimum absolute atomic E-state index is 0.0342. The van der Waals surface area contributed by atoms with Crippen molar-refractivity contribution in [3.63, 3.8) is 0 Å². The summed E-state index contributed by atoms with van der Waals surface area (Å²) in [6.45, 7) is 8.37. The molecule has 0 aromatic heterocycles. The molecule has 0 fully saturated rings. The van der Waals surface area contributed by atoms with E-state index in [1.54, 1.807) is 0 Å². The van der Waals surface area contributed by atoms with E-state index in [0.29, 0.717) is 39.1 Å². The van der Waals surface area contributed by atoms with E-state index in [1.165, 1.54) is 0 Å². The fraction of sp³-hybridized carbons (Fsp3) is 1.00. The van der Waals surface area contributed by atoms with Crippen LogP contribution >= 0.6 is 0 Å². The zero-order valence-electron chi connectivity index (χ0n) is 10.5. The third kappa shape index (κ3) is 6.57. The van der Waals surface area contributed by atoms with Gasteiger partial charge in [0.05, 0.1) is 19.8 Å². The average Bonchev–Trinajstić information content (AvgIpc) is 2.26. The van der Waals surface area contributed by atoms with Gasteiger partial charge in [-0.05, 0) is 20.8 Å². The Bertz CT molecular complexity index is 139. The van der Waals surface area contributed by atoms with Crippen LogP contribution in [0.5, 0.6) is 0 Å². The third-order valence-corrected chi connectivity index (χ3v) is 4.88. The van der Waals surface area contributed by atoms with Gasteiger partial charge in [-0.15, -0.1) is 0 Å². The fourth-order valence-electron chi connectivity index (χ4n) is 1.37. The maximum Gasteiger partial charge on any atom is 0.503 e. The van der Waals surface area contributed by atoms with Crippen LogP contribution in [0.25, 0.3) is 0 Å². The number of rotatable bonds is 11. The molecule has 1 N–H and O–H groups in total. The maximum absolute atomic E-state index is 8.60. The van der Waals surface area contributed by atoms with Gasteiger partial charge in [-0.2, -0.15) is 0 Å². The number of ether oxygens (including phenoxy) is 1. The molecular formula is C10H24O5Si. The average molecular weight is 252 g/mol. The molecule has 0 amide bonds. The standard InChI is InChI=1S/C10H24O5Si/c1-4-13-16(14-5-2,15-6-3)10-9-12-8-7-11/h11H,4-10H2,1-3H3. The van der Waals surface area contributed by atoms with Crippen LogP contribution in [0.4, 0.5) is 0 Å². The van der Waals surface area contributed by atoms with Crippen molar-refractivity contribution < 1.29 is 23.1 Å². The Morgan fingerprint density at radius 3 is 1.75 bits per heavy atom. The van der Waals surface area contributed by atoms with Crippen molar-refractivity contribution in [2.45, 2.75) is 26.8 Å². The minimum atomic E-state index is -2.55. The fourth-order valence-corrected chi connectivity index (χ4v) is 3.76. The van der Waals surface area contributed by atoms with Crippen molar-refractivity contribution in [1.29, 1.82) is 0 Å². The van der Waals surface area contributed by atoms with Crippen molar-refractivity contribution in [2.75, 3.05) is 39.6 Å². The number of hydrogen-bond donors (Lipinski definition) is 1. The molecule has 0 bridgehead atoms. The van der Waals surface area contributed by atoms with Crippen molar-refractivity contribution >= 4 is 8.80 Å². The van der Waals surface area contributed by atoms with E-state index in [-0.39, 0.29) is 6.61 Å². The van der Waals surface area contributed by atoms with Gasteiger partial charge < -0.3 is 23.1 Å². The van der Waals surface area contributed by atoms with Gasteiger partial charge in [0.1, 0.15) is 0 Å². The van der Waals surface area contributed by atoms with Gasteiger partial charge in [0.25, 0.3) is 0 Å². The molecule has 0 rings (SSSR count). The quantitative estimate of drug-likeness (QED) is 0.440. The molecule has 0 aromatic rings. The molecule has 0 aliphatic rings. The van der Waals surface area contributed by atoms with Gasteiger partial charge in [-0.1, -0.05) is 0 Å². The second-order valence-electron chi connectivity index (χ2n) is 3.07. The Morgan fingerprint density at radius 2 is 1.38 bits per heavy atom. The van der Waals surface area contributed by atoms with E-state index in [0.717, 1.165) is 0 Å². The van der Waals surface area contributed by atoms with Crippen molar-refractivity contribution in [3.05, 3.63) is 0 Å². The third-order valence-electron chi connectivity index (χ3n) is 1.88. The Labute approximate surface area is 99.0 Å². The summed E-state index contributed by atoms with van der Waals surface area (Å²) in [7, 11) is -2.55. The van der Waals surface area contributed by atoms with E-state index in [9.17, 15) is 0 Å². The summed E-state index contributed by atoms with van der Waals surface area (Å²) in [5, 5.41) is 8.60. The zero-order valence-corrected chi connectivity index (χ0v) is 11.5. The van der Waals surface area contributed by atoms with Gasteiger partial charge in [0.15, 0.2) is 0 Å². The highest BCUT2D eigenvalue weighted by molar-refractivity contribution is 6.60. The summed E-state index contributed by atoms with van der Waals surface area (Å²) in [5.41, 5.74) is 0. The monoisotopic (exact) mass is 252 g/mol. The first-order chi connectivity index (χ1) is 7.74. The molecule has 0 atom stereocenters. The van der Waals surface area contributed by atoms with E-state index >= 15 is 0 Å². The van der Waals surface area contributed by atoms with E-state index < -0.39 is 8.80 Å². The lowest BCUT2D eigenvalue weighted by Crippen LogP contribution is -2.46. The molecule has 0 saturated heterocycles. The van der Waals surface area contributed by atoms with Crippen LogP contribution in [0, 0.1) is 0 Å². The Balaban J connectivity index is 4.12. The molecule has 5 nitrogen and oxygen atoms in total. The smallest absolute Gasteiger partial charge is 0.394 e. The molecule has 0 unspecified atom stereocenters. The summed E-state index contributed by atoms with van der Waals surface area (Å²) in [6, 6.07) is 0.628. The van der Waals surface area contributed by atoms with Gasteiger partial charge >= 0.3 is 8.80 Å². The predicted molar refractivity (Wildman–Crippen MR) is 63.3 cm³/mol. The van der Waals surface area contributed by atoms with Crippen LogP contribution in [0.2, 0.25) is 6.04 Å². The van der Waals surface area contributed by atoms with Gasteiger partial charge in [-0.25, -0.2) is 0 Å². The maximum atomic E-state index is 8.60. The van der Waals surface area contributed by atoms with Gasteiger partial charge in [0.2, 0.25) is 0 Å². The number of hydrogen-bond acceptors (Lipinski definition) is 5. The molecule has 6 heteroatoms. The summed E-state index contributed by atoms with van der Waals surface area (Å²) in [4.78, 5) is 0. The molecule has 0 aliphatic carbocycles. The summed E-state index contributed by atoms with van der Waals surface area (Å²) < 4.78 is 22.1. The van der Waals surface area contributed by atoms with Crippen LogP contribution in [-0.2, 0) is 18.0 Å². The molecular weight excluding hydrogens is 228 g/mol. The van der Waals surface area contributed by atoms with Crippen LogP contribution in [0.3, 0.4) is 0 Å². The van der Waals surface area contributed by atoms with Crippen molar-refractivity contribution in [2.24, 2.45) is 0 Å². The summed E-state index contributed by atoms with van der Waals surface area (Å²) in [6.07, 6.45) is 0. The molecule has 98 valence electrons. The highest BCUT2D eigenvalue weighted by atomic mass is 28.4. The zero-order chi connectivity index (χ0) is 12.3.